The van der Waals surface area contributed by atoms with Gasteiger partial charge in [0.2, 0.25) is 29.5 Å². The molecule has 458 valence electrons. The summed E-state index contributed by atoms with van der Waals surface area (Å²) in [5, 5.41) is 23.8. The fourth-order valence-corrected chi connectivity index (χ4v) is 15.6. The quantitative estimate of drug-likeness (QED) is 0.0433. The largest absolute Gasteiger partial charge is 0.508 e. The van der Waals surface area contributed by atoms with Crippen LogP contribution in [0, 0.1) is 52.3 Å². The Morgan fingerprint density at radius 2 is 1.44 bits per heavy atom. The van der Waals surface area contributed by atoms with Crippen LogP contribution >= 0.6 is 0 Å². The summed E-state index contributed by atoms with van der Waals surface area (Å²) >= 11 is 0. The van der Waals surface area contributed by atoms with Crippen LogP contribution in [0.5, 0.6) is 5.75 Å². The Kier molecular flexibility index (Phi) is 21.3. The number of hydrogen-bond acceptors (Lipinski definition) is 10. The Bertz CT molecular complexity index is 2760. The first-order chi connectivity index (χ1) is 40.0. The summed E-state index contributed by atoms with van der Waals surface area (Å²) in [4.78, 5) is 101. The molecule has 16 heteroatoms. The lowest BCUT2D eigenvalue weighted by molar-refractivity contribution is -0.156. The first kappa shape index (κ1) is 63.6. The molecular formula is C68H97N7O9. The summed E-state index contributed by atoms with van der Waals surface area (Å²) in [6, 6.07) is 10.1. The number of carbonyl (C=O) groups excluding carboxylic acids is 7. The van der Waals surface area contributed by atoms with Gasteiger partial charge < -0.3 is 46.2 Å². The molecule has 0 spiro atoms. The van der Waals surface area contributed by atoms with Crippen LogP contribution in [0.15, 0.2) is 90.3 Å². The standard InChI is InChI=1S/C68H97N7O9/c1-42(2)16-13-17-44(5)53-28-29-54-52-27-24-49-39-51(30-32-67(49,7)55(52)31-33-68(53,54)8)84-66(83)58(36-43(3)4)73-63(80)56(37-46-18-11-10-12-19-46)71-60(77)40-69-61(78)45(6)70-62(79)57(38-47-22-25-50(76)26-23-47)72-64(81)59-21-15-35-75(59)65(82)48-20-14-34-74(9)41-48/h10-12,14,18-19,22-26,34,41-45,51-59,76H,13,15-17,20-21,27-33,35-40H2,1-9H3,(H,69,78)(H,70,79)(H,71,77)(H,72,81)(H,73,80)/t44-,45-,51-,52+,53-,54+,55+,56+,57+,58-,59+,67+,68-/m1/s1. The fourth-order valence-electron chi connectivity index (χ4n) is 15.6. The summed E-state index contributed by atoms with van der Waals surface area (Å²) in [6.45, 7) is 17.6. The van der Waals surface area contributed by atoms with Crippen molar-refractivity contribution in [3.8, 4) is 5.75 Å². The number of carbonyl (C=O) groups is 7. The maximum Gasteiger partial charge on any atom is 0.328 e. The number of hydrogen-bond donors (Lipinski definition) is 6. The highest BCUT2D eigenvalue weighted by atomic mass is 16.5. The van der Waals surface area contributed by atoms with E-state index in [1.165, 1.54) is 74.5 Å². The van der Waals surface area contributed by atoms with Crippen molar-refractivity contribution in [1.29, 1.82) is 0 Å². The predicted molar refractivity (Wildman–Crippen MR) is 325 cm³/mol. The molecule has 84 heavy (non-hydrogen) atoms. The third-order valence-electron chi connectivity index (χ3n) is 20.1. The molecule has 8 rings (SSSR count). The maximum atomic E-state index is 14.4. The van der Waals surface area contributed by atoms with Gasteiger partial charge in [-0.05, 0) is 159 Å². The van der Waals surface area contributed by atoms with Gasteiger partial charge in [0.05, 0.1) is 6.54 Å². The van der Waals surface area contributed by atoms with E-state index in [9.17, 15) is 38.7 Å². The van der Waals surface area contributed by atoms with Gasteiger partial charge in [-0.15, -0.1) is 0 Å². The second kappa shape index (κ2) is 28.2. The molecule has 6 aliphatic rings. The highest BCUT2D eigenvalue weighted by Gasteiger charge is 2.59. The number of phenolic OH excluding ortho intramolecular Hbond substituents is 1. The van der Waals surface area contributed by atoms with E-state index in [0.29, 0.717) is 67.0 Å². The molecule has 4 fully saturated rings. The average molecular weight is 1160 g/mol. The lowest BCUT2D eigenvalue weighted by Gasteiger charge is -2.58. The third kappa shape index (κ3) is 15.5. The molecule has 0 bridgehead atoms. The number of ether oxygens (including phenoxy) is 1. The highest BCUT2D eigenvalue weighted by molar-refractivity contribution is 5.99. The lowest BCUT2D eigenvalue weighted by Crippen LogP contribution is -2.57. The van der Waals surface area contributed by atoms with Crippen molar-refractivity contribution in [2.75, 3.05) is 20.1 Å². The zero-order valence-electron chi connectivity index (χ0n) is 51.6. The summed E-state index contributed by atoms with van der Waals surface area (Å²) in [6.07, 6.45) is 22.3. The van der Waals surface area contributed by atoms with E-state index in [-0.39, 0.29) is 41.9 Å². The van der Waals surface area contributed by atoms with Gasteiger partial charge in [-0.3, -0.25) is 28.8 Å². The van der Waals surface area contributed by atoms with E-state index in [4.69, 9.17) is 4.74 Å². The minimum Gasteiger partial charge on any atom is -0.508 e. The minimum atomic E-state index is -1.18. The number of allylic oxidation sites excluding steroid dienone is 2. The predicted octanol–water partition coefficient (Wildman–Crippen LogP) is 8.98. The summed E-state index contributed by atoms with van der Waals surface area (Å²) in [7, 11) is 1.82. The summed E-state index contributed by atoms with van der Waals surface area (Å²) in [5.41, 5.74) is 3.84. The number of likely N-dealkylation sites (tertiary alicyclic amines) is 1. The number of aromatic hydroxyl groups is 1. The van der Waals surface area contributed by atoms with Gasteiger partial charge in [-0.2, -0.15) is 0 Å². The van der Waals surface area contributed by atoms with Gasteiger partial charge in [0.1, 0.15) is 42.1 Å². The van der Waals surface area contributed by atoms with Crippen LogP contribution in [0.4, 0.5) is 0 Å². The molecule has 6 amide bonds. The van der Waals surface area contributed by atoms with Gasteiger partial charge in [-0.1, -0.05) is 128 Å². The zero-order chi connectivity index (χ0) is 60.5. The summed E-state index contributed by atoms with van der Waals surface area (Å²) < 4.78 is 6.37. The first-order valence-corrected chi connectivity index (χ1v) is 31.6. The number of nitrogens with one attached hydrogen (secondary N) is 5. The Morgan fingerprint density at radius 3 is 2.14 bits per heavy atom. The van der Waals surface area contributed by atoms with E-state index >= 15 is 0 Å². The molecule has 0 aromatic heterocycles. The third-order valence-corrected chi connectivity index (χ3v) is 20.1. The van der Waals surface area contributed by atoms with Gasteiger partial charge in [-0.25, -0.2) is 4.79 Å². The van der Waals surface area contributed by atoms with Crippen LogP contribution in [-0.2, 0) is 51.1 Å². The number of fused-ring (bicyclic) bond motifs is 5. The molecule has 2 heterocycles. The van der Waals surface area contributed by atoms with Crippen molar-refractivity contribution in [3.05, 3.63) is 101 Å². The molecule has 4 aliphatic carbocycles. The second-order valence-corrected chi connectivity index (χ2v) is 27.0. The molecule has 3 saturated carbocycles. The van der Waals surface area contributed by atoms with Crippen LogP contribution < -0.4 is 26.6 Å². The summed E-state index contributed by atoms with van der Waals surface area (Å²) in [5.74, 6) is 0.589. The molecule has 2 aromatic rings. The molecule has 13 atom stereocenters. The molecule has 16 nitrogen and oxygen atoms in total. The van der Waals surface area contributed by atoms with Crippen LogP contribution in [0.25, 0.3) is 0 Å². The number of benzene rings is 2. The Labute approximate surface area is 499 Å². The Balaban J connectivity index is 0.862. The average Bonchev–Trinajstić information content (AvgIpc) is 1.50. The van der Waals surface area contributed by atoms with E-state index in [0.717, 1.165) is 48.5 Å². The minimum absolute atomic E-state index is 0.00854. The Morgan fingerprint density at radius 1 is 0.738 bits per heavy atom. The highest BCUT2D eigenvalue weighted by Crippen LogP contribution is 2.67. The van der Waals surface area contributed by atoms with Gasteiger partial charge in [0, 0.05) is 44.6 Å². The Hall–Kier alpha value is -6.45. The monoisotopic (exact) mass is 1160 g/mol. The molecule has 1 saturated heterocycles. The van der Waals surface area contributed by atoms with Crippen molar-refractivity contribution in [2.24, 2.45) is 52.3 Å². The van der Waals surface area contributed by atoms with Crippen molar-refractivity contribution in [1.82, 2.24) is 36.4 Å². The van der Waals surface area contributed by atoms with E-state index in [1.807, 2.05) is 63.5 Å². The topological polar surface area (TPSA) is 216 Å². The smallest absolute Gasteiger partial charge is 0.328 e. The number of nitrogens with zero attached hydrogens (tertiary/aromatic N) is 2. The molecule has 2 aromatic carbocycles. The maximum absolute atomic E-state index is 14.4. The first-order valence-electron chi connectivity index (χ1n) is 31.6. The lowest BCUT2D eigenvalue weighted by atomic mass is 9.47. The van der Waals surface area contributed by atoms with Crippen molar-refractivity contribution in [2.45, 2.75) is 201 Å². The van der Waals surface area contributed by atoms with E-state index in [1.54, 1.807) is 23.2 Å². The zero-order valence-corrected chi connectivity index (χ0v) is 51.6. The van der Waals surface area contributed by atoms with Crippen molar-refractivity contribution >= 4 is 41.4 Å². The van der Waals surface area contributed by atoms with Gasteiger partial charge in [0.25, 0.3) is 5.91 Å². The normalized spacial score (nSPS) is 27.1. The van der Waals surface area contributed by atoms with Crippen LogP contribution in [-0.4, -0.2) is 113 Å². The van der Waals surface area contributed by atoms with E-state index < -0.39 is 72.3 Å². The van der Waals surface area contributed by atoms with Gasteiger partial charge in [0.15, 0.2) is 0 Å². The van der Waals surface area contributed by atoms with Crippen molar-refractivity contribution in [3.63, 3.8) is 0 Å². The van der Waals surface area contributed by atoms with Crippen molar-refractivity contribution < 1.29 is 43.4 Å². The number of phenols is 1. The second-order valence-electron chi connectivity index (χ2n) is 27.0. The van der Waals surface area contributed by atoms with E-state index in [2.05, 4.69) is 67.3 Å². The molecule has 6 N–H and O–H groups in total. The molecule has 0 unspecified atom stereocenters. The number of amides is 6. The molecule has 0 radical (unpaired) electrons. The van der Waals surface area contributed by atoms with Crippen LogP contribution in [0.1, 0.15) is 163 Å². The number of rotatable bonds is 24. The molecule has 2 aliphatic heterocycles. The molecular weight excluding hydrogens is 1060 g/mol. The fraction of sp³-hybridized carbons (Fsp3) is 0.632. The van der Waals surface area contributed by atoms with Gasteiger partial charge >= 0.3 is 5.97 Å². The SMILES string of the molecule is CC(C)CCC[C@@H](C)[C@H]1CC[C@H]2[C@@H]3CC=C4C[C@H](OC(=O)[C@@H](CC(C)C)NC(=O)[C@H](Cc5ccccc5)NC(=O)CNC(=O)[C@@H](C)NC(=O)[C@H](Cc5ccc(O)cc5)NC(=O)[C@@H]5CCCN5C(=O)C5=CN(C)C=CC5)CC[C@]4(C)[C@H]3CC[C@]12C. The number of esters is 1. The van der Waals surface area contributed by atoms with Crippen LogP contribution in [0.3, 0.4) is 0 Å². The van der Waals surface area contributed by atoms with Crippen LogP contribution in [0.2, 0.25) is 0 Å².